The molecule has 1 aromatic rings. The van der Waals surface area contributed by atoms with Gasteiger partial charge in [-0.2, -0.15) is 0 Å². The Morgan fingerprint density at radius 1 is 1.19 bits per heavy atom. The van der Waals surface area contributed by atoms with Crippen molar-refractivity contribution < 1.29 is 19.0 Å². The van der Waals surface area contributed by atoms with Crippen LogP contribution in [-0.2, 0) is 16.0 Å². The van der Waals surface area contributed by atoms with E-state index in [0.29, 0.717) is 12.4 Å². The van der Waals surface area contributed by atoms with Gasteiger partial charge in [0.1, 0.15) is 0 Å². The van der Waals surface area contributed by atoms with E-state index in [-0.39, 0.29) is 0 Å². The highest BCUT2D eigenvalue weighted by Crippen LogP contribution is 2.34. The molecule has 110 valence electrons. The fraction of sp³-hybridized carbons (Fsp3) is 0.353. The number of rotatable bonds is 3. The topological polar surface area (TPSA) is 44.8 Å². The lowest BCUT2D eigenvalue weighted by Gasteiger charge is -2.16. The van der Waals surface area contributed by atoms with Gasteiger partial charge in [0.25, 0.3) is 0 Å². The summed E-state index contributed by atoms with van der Waals surface area (Å²) in [6, 6.07) is 3.92. The van der Waals surface area contributed by atoms with Crippen molar-refractivity contribution in [1.82, 2.24) is 0 Å². The summed E-state index contributed by atoms with van der Waals surface area (Å²) in [7, 11) is 3.23. The Morgan fingerprint density at radius 2 is 1.90 bits per heavy atom. The second-order valence-electron chi connectivity index (χ2n) is 4.55. The third-order valence-electron chi connectivity index (χ3n) is 3.24. The molecule has 4 nitrogen and oxygen atoms in total. The van der Waals surface area contributed by atoms with Gasteiger partial charge < -0.3 is 14.2 Å². The van der Waals surface area contributed by atoms with Gasteiger partial charge in [-0.25, -0.2) is 4.79 Å². The first-order chi connectivity index (χ1) is 10.2. The summed E-state index contributed by atoms with van der Waals surface area (Å²) in [5.41, 5.74) is 3.16. The molecule has 1 aliphatic carbocycles. The largest absolute Gasteiger partial charge is 0.493 e. The van der Waals surface area contributed by atoms with Crippen LogP contribution in [0.15, 0.2) is 17.7 Å². The Bertz CT molecular complexity index is 632. The monoisotopic (exact) mass is 286 g/mol. The van der Waals surface area contributed by atoms with E-state index in [1.54, 1.807) is 21.1 Å². The molecule has 0 unspecified atom stereocenters. The molecule has 0 spiro atoms. The molecule has 1 aliphatic rings. The molecule has 1 aromatic carbocycles. The Kier molecular flexibility index (Phi) is 4.89. The SMILES string of the molecule is CCOC(=O)C#CC1=Cc2cc(OC)c(OC)cc2CC1. The molecule has 0 atom stereocenters. The van der Waals surface area contributed by atoms with E-state index in [2.05, 4.69) is 11.8 Å². The van der Waals surface area contributed by atoms with Crippen molar-refractivity contribution in [1.29, 1.82) is 0 Å². The van der Waals surface area contributed by atoms with Crippen LogP contribution in [0.2, 0.25) is 0 Å². The number of hydrogen-bond donors (Lipinski definition) is 0. The zero-order chi connectivity index (χ0) is 15.2. The van der Waals surface area contributed by atoms with Crippen LogP contribution in [0.25, 0.3) is 6.08 Å². The molecule has 0 aliphatic heterocycles. The second kappa shape index (κ2) is 6.85. The molecule has 2 rings (SSSR count). The number of fused-ring (bicyclic) bond motifs is 1. The molecule has 0 amide bonds. The maximum Gasteiger partial charge on any atom is 0.384 e. The van der Waals surface area contributed by atoms with Crippen molar-refractivity contribution in [2.24, 2.45) is 0 Å². The number of methoxy groups -OCH3 is 2. The zero-order valence-corrected chi connectivity index (χ0v) is 12.5. The van der Waals surface area contributed by atoms with Crippen LogP contribution in [0.1, 0.15) is 24.5 Å². The van der Waals surface area contributed by atoms with Crippen LogP contribution < -0.4 is 9.47 Å². The van der Waals surface area contributed by atoms with Gasteiger partial charge in [-0.05, 0) is 49.1 Å². The molecular formula is C17H18O4. The average molecular weight is 286 g/mol. The lowest BCUT2D eigenvalue weighted by Crippen LogP contribution is -2.02. The third kappa shape index (κ3) is 3.57. The average Bonchev–Trinajstić information content (AvgIpc) is 2.51. The van der Waals surface area contributed by atoms with Crippen molar-refractivity contribution in [2.75, 3.05) is 20.8 Å². The van der Waals surface area contributed by atoms with E-state index in [4.69, 9.17) is 14.2 Å². The van der Waals surface area contributed by atoms with Gasteiger partial charge in [0.05, 0.1) is 20.8 Å². The Hall–Kier alpha value is -2.41. The second-order valence-corrected chi connectivity index (χ2v) is 4.55. The minimum atomic E-state index is -0.489. The highest BCUT2D eigenvalue weighted by Gasteiger charge is 2.14. The molecule has 0 heterocycles. The quantitative estimate of drug-likeness (QED) is 0.487. The summed E-state index contributed by atoms with van der Waals surface area (Å²) in [6.45, 7) is 2.10. The first kappa shape index (κ1) is 15.0. The standard InChI is InChI=1S/C17H18O4/c1-4-21-17(18)8-6-12-5-7-13-10-15(19-2)16(20-3)11-14(13)9-12/h9-11H,4-5,7H2,1-3H3. The number of hydrogen-bond acceptors (Lipinski definition) is 4. The zero-order valence-electron chi connectivity index (χ0n) is 12.5. The van der Waals surface area contributed by atoms with Crippen molar-refractivity contribution in [3.63, 3.8) is 0 Å². The van der Waals surface area contributed by atoms with Gasteiger partial charge in [0.15, 0.2) is 11.5 Å². The van der Waals surface area contributed by atoms with E-state index in [0.717, 1.165) is 29.7 Å². The minimum Gasteiger partial charge on any atom is -0.493 e. The van der Waals surface area contributed by atoms with Gasteiger partial charge in [-0.15, -0.1) is 0 Å². The Balaban J connectivity index is 2.28. The maximum atomic E-state index is 11.3. The molecule has 0 aromatic heterocycles. The summed E-state index contributed by atoms with van der Waals surface area (Å²) >= 11 is 0. The van der Waals surface area contributed by atoms with Crippen molar-refractivity contribution >= 4 is 12.0 Å². The van der Waals surface area contributed by atoms with Crippen LogP contribution in [0.3, 0.4) is 0 Å². The number of allylic oxidation sites excluding steroid dienone is 1. The first-order valence-corrected chi connectivity index (χ1v) is 6.82. The number of carbonyl (C=O) groups excluding carboxylic acids is 1. The maximum absolute atomic E-state index is 11.3. The van der Waals surface area contributed by atoms with Crippen LogP contribution in [0.4, 0.5) is 0 Å². The number of benzene rings is 1. The fourth-order valence-electron chi connectivity index (χ4n) is 2.21. The molecule has 0 bridgehead atoms. The van der Waals surface area contributed by atoms with Crippen molar-refractivity contribution in [2.45, 2.75) is 19.8 Å². The number of carbonyl (C=O) groups is 1. The summed E-state index contributed by atoms with van der Waals surface area (Å²) in [5, 5.41) is 0. The normalized spacial score (nSPS) is 12.4. The third-order valence-corrected chi connectivity index (χ3v) is 3.24. The predicted molar refractivity (Wildman–Crippen MR) is 80.3 cm³/mol. The molecule has 21 heavy (non-hydrogen) atoms. The molecule has 0 fully saturated rings. The van der Waals surface area contributed by atoms with Gasteiger partial charge in [0, 0.05) is 11.5 Å². The van der Waals surface area contributed by atoms with Crippen molar-refractivity contribution in [3.8, 4) is 23.3 Å². The molecule has 0 radical (unpaired) electrons. The lowest BCUT2D eigenvalue weighted by molar-refractivity contribution is -0.136. The number of ether oxygens (including phenoxy) is 3. The van der Waals surface area contributed by atoms with E-state index >= 15 is 0 Å². The summed E-state index contributed by atoms with van der Waals surface area (Å²) in [4.78, 5) is 11.3. The van der Waals surface area contributed by atoms with Crippen molar-refractivity contribution in [3.05, 3.63) is 28.8 Å². The summed E-state index contributed by atoms with van der Waals surface area (Å²) in [6.07, 6.45) is 3.64. The first-order valence-electron chi connectivity index (χ1n) is 6.82. The number of aryl methyl sites for hydroxylation is 1. The smallest absolute Gasteiger partial charge is 0.384 e. The molecule has 0 N–H and O–H groups in total. The van der Waals surface area contributed by atoms with E-state index in [1.807, 2.05) is 18.2 Å². The molecular weight excluding hydrogens is 268 g/mol. The van der Waals surface area contributed by atoms with E-state index in [1.165, 1.54) is 5.56 Å². The highest BCUT2D eigenvalue weighted by molar-refractivity contribution is 5.89. The van der Waals surface area contributed by atoms with E-state index < -0.39 is 5.97 Å². The predicted octanol–water partition coefficient (Wildman–Crippen LogP) is 2.60. The lowest BCUT2D eigenvalue weighted by atomic mass is 9.92. The van der Waals surface area contributed by atoms with Gasteiger partial charge in [-0.1, -0.05) is 5.92 Å². The van der Waals surface area contributed by atoms with Gasteiger partial charge in [-0.3, -0.25) is 0 Å². The summed E-state index contributed by atoms with van der Waals surface area (Å²) in [5.74, 6) is 6.30. The highest BCUT2D eigenvalue weighted by atomic mass is 16.5. The van der Waals surface area contributed by atoms with Crippen LogP contribution in [0.5, 0.6) is 11.5 Å². The molecule has 4 heteroatoms. The summed E-state index contributed by atoms with van der Waals surface area (Å²) < 4.78 is 15.4. The van der Waals surface area contributed by atoms with Crippen LogP contribution >= 0.6 is 0 Å². The van der Waals surface area contributed by atoms with Crippen LogP contribution in [0, 0.1) is 11.8 Å². The Labute approximate surface area is 124 Å². The van der Waals surface area contributed by atoms with E-state index in [9.17, 15) is 4.79 Å². The number of esters is 1. The fourth-order valence-corrected chi connectivity index (χ4v) is 2.21. The van der Waals surface area contributed by atoms with Gasteiger partial charge >= 0.3 is 5.97 Å². The molecule has 0 saturated carbocycles. The van der Waals surface area contributed by atoms with Crippen LogP contribution in [-0.4, -0.2) is 26.8 Å². The molecule has 0 saturated heterocycles. The van der Waals surface area contributed by atoms with Gasteiger partial charge in [0.2, 0.25) is 0 Å². The Morgan fingerprint density at radius 3 is 2.57 bits per heavy atom. The minimum absolute atomic E-state index is 0.340.